The Hall–Kier alpha value is -2.74. The molecule has 2 aromatic heterocycles. The molecule has 118 valence electrons. The highest BCUT2D eigenvalue weighted by molar-refractivity contribution is 7.04. The summed E-state index contributed by atoms with van der Waals surface area (Å²) in [4.78, 5) is 36.4. The van der Waals surface area contributed by atoms with Gasteiger partial charge in [-0.05, 0) is 24.0 Å². The molecule has 0 saturated heterocycles. The lowest BCUT2D eigenvalue weighted by molar-refractivity contribution is -0.118. The Morgan fingerprint density at radius 2 is 2.09 bits per heavy atom. The van der Waals surface area contributed by atoms with E-state index in [1.807, 2.05) is 31.2 Å². The van der Waals surface area contributed by atoms with Crippen LogP contribution in [0.4, 0.5) is 0 Å². The molecule has 0 bridgehead atoms. The summed E-state index contributed by atoms with van der Waals surface area (Å²) in [6.45, 7) is 1.76. The first kappa shape index (κ1) is 15.2. The standard InChI is InChI=1S/C15H14N4O3S/c1-9-3-2-4-10(5-9)6-19-14(21)13-11(8-23-17-13)18(15(19)22)7-12(16)20/h2-5,8H,6-7H2,1H3,(H2,16,20). The first-order valence-corrected chi connectivity index (χ1v) is 7.72. The van der Waals surface area contributed by atoms with Crippen LogP contribution in [0.5, 0.6) is 0 Å². The van der Waals surface area contributed by atoms with Crippen LogP contribution in [0.1, 0.15) is 11.1 Å². The van der Waals surface area contributed by atoms with Crippen LogP contribution >= 0.6 is 11.5 Å². The minimum absolute atomic E-state index is 0.117. The fraction of sp³-hybridized carbons (Fsp3) is 0.200. The molecule has 0 saturated carbocycles. The van der Waals surface area contributed by atoms with Crippen LogP contribution in [0.15, 0.2) is 39.2 Å². The molecule has 1 amide bonds. The van der Waals surface area contributed by atoms with Gasteiger partial charge in [0.05, 0.1) is 12.1 Å². The number of nitrogens with two attached hydrogens (primary N) is 1. The number of hydrogen-bond donors (Lipinski definition) is 1. The molecule has 0 fully saturated rings. The Labute approximate surface area is 134 Å². The van der Waals surface area contributed by atoms with E-state index < -0.39 is 17.2 Å². The zero-order chi connectivity index (χ0) is 16.6. The smallest absolute Gasteiger partial charge is 0.332 e. The molecule has 0 aliphatic rings. The highest BCUT2D eigenvalue weighted by Crippen LogP contribution is 2.10. The number of carbonyl (C=O) groups excluding carboxylic acids is 1. The topological polar surface area (TPSA) is 100.0 Å². The Morgan fingerprint density at radius 1 is 1.30 bits per heavy atom. The predicted octanol–water partition coefficient (Wildman–Crippen LogP) is 0.462. The van der Waals surface area contributed by atoms with Crippen molar-refractivity contribution in [1.82, 2.24) is 13.5 Å². The molecule has 8 heteroatoms. The normalized spacial score (nSPS) is 11.0. The SMILES string of the molecule is Cc1cccc(Cn2c(=O)c3nscc3n(CC(N)=O)c2=O)c1. The average molecular weight is 330 g/mol. The van der Waals surface area contributed by atoms with E-state index in [-0.39, 0.29) is 18.6 Å². The second kappa shape index (κ2) is 5.81. The first-order chi connectivity index (χ1) is 11.0. The second-order valence-electron chi connectivity index (χ2n) is 5.26. The molecule has 0 atom stereocenters. The minimum Gasteiger partial charge on any atom is -0.368 e. The molecule has 3 aromatic rings. The number of primary amides is 1. The van der Waals surface area contributed by atoms with Crippen molar-refractivity contribution in [3.05, 3.63) is 61.6 Å². The van der Waals surface area contributed by atoms with Gasteiger partial charge in [0.2, 0.25) is 5.91 Å². The Kier molecular flexibility index (Phi) is 3.83. The van der Waals surface area contributed by atoms with E-state index >= 15 is 0 Å². The molecule has 23 heavy (non-hydrogen) atoms. The van der Waals surface area contributed by atoms with Gasteiger partial charge in [-0.1, -0.05) is 29.8 Å². The maximum atomic E-state index is 12.6. The summed E-state index contributed by atoms with van der Waals surface area (Å²) >= 11 is 1.06. The fourth-order valence-electron chi connectivity index (χ4n) is 2.48. The van der Waals surface area contributed by atoms with Gasteiger partial charge in [-0.25, -0.2) is 4.79 Å². The zero-order valence-corrected chi connectivity index (χ0v) is 13.2. The largest absolute Gasteiger partial charge is 0.368 e. The van der Waals surface area contributed by atoms with Crippen LogP contribution < -0.4 is 17.0 Å². The van der Waals surface area contributed by atoms with E-state index in [9.17, 15) is 14.4 Å². The van der Waals surface area contributed by atoms with Gasteiger partial charge < -0.3 is 5.73 Å². The summed E-state index contributed by atoms with van der Waals surface area (Å²) in [5, 5.41) is 1.57. The number of fused-ring (bicyclic) bond motifs is 1. The van der Waals surface area contributed by atoms with Crippen molar-refractivity contribution in [3.8, 4) is 0 Å². The molecule has 0 aliphatic heterocycles. The highest BCUT2D eigenvalue weighted by atomic mass is 32.1. The number of carbonyl (C=O) groups is 1. The summed E-state index contributed by atoms with van der Waals surface area (Å²) in [5.74, 6) is -0.652. The van der Waals surface area contributed by atoms with Crippen LogP contribution in [0.2, 0.25) is 0 Å². The average Bonchev–Trinajstić information content (AvgIpc) is 2.97. The maximum absolute atomic E-state index is 12.6. The quantitative estimate of drug-likeness (QED) is 0.751. The molecule has 1 aromatic carbocycles. The van der Waals surface area contributed by atoms with Gasteiger partial charge in [0.25, 0.3) is 5.56 Å². The lowest BCUT2D eigenvalue weighted by Crippen LogP contribution is -2.42. The summed E-state index contributed by atoms with van der Waals surface area (Å²) in [6.07, 6.45) is 0. The molecule has 0 unspecified atom stereocenters. The van der Waals surface area contributed by atoms with Gasteiger partial charge in [-0.3, -0.25) is 18.7 Å². The van der Waals surface area contributed by atoms with E-state index in [2.05, 4.69) is 4.37 Å². The molecule has 2 heterocycles. The molecule has 3 rings (SSSR count). The van der Waals surface area contributed by atoms with Gasteiger partial charge in [0.1, 0.15) is 6.54 Å². The third kappa shape index (κ3) is 2.80. The van der Waals surface area contributed by atoms with Gasteiger partial charge in [0, 0.05) is 5.38 Å². The van der Waals surface area contributed by atoms with E-state index in [1.165, 1.54) is 4.57 Å². The molecular formula is C15H14N4O3S. The monoisotopic (exact) mass is 330 g/mol. The minimum atomic E-state index is -0.652. The third-order valence-corrected chi connectivity index (χ3v) is 4.11. The van der Waals surface area contributed by atoms with E-state index in [4.69, 9.17) is 5.73 Å². The van der Waals surface area contributed by atoms with Crippen LogP contribution in [0.3, 0.4) is 0 Å². The molecule has 0 aliphatic carbocycles. The van der Waals surface area contributed by atoms with Crippen molar-refractivity contribution in [2.45, 2.75) is 20.0 Å². The number of amides is 1. The number of hydrogen-bond acceptors (Lipinski definition) is 5. The van der Waals surface area contributed by atoms with Crippen molar-refractivity contribution >= 4 is 28.5 Å². The number of benzene rings is 1. The van der Waals surface area contributed by atoms with Gasteiger partial charge in [0.15, 0.2) is 5.52 Å². The van der Waals surface area contributed by atoms with Crippen LogP contribution in [-0.2, 0) is 17.9 Å². The maximum Gasteiger partial charge on any atom is 0.332 e. The summed E-state index contributed by atoms with van der Waals surface area (Å²) in [5.41, 5.74) is 6.54. The number of rotatable bonds is 4. The van der Waals surface area contributed by atoms with Crippen LogP contribution in [0, 0.1) is 6.92 Å². The second-order valence-corrected chi connectivity index (χ2v) is 5.89. The Morgan fingerprint density at radius 3 is 2.78 bits per heavy atom. The van der Waals surface area contributed by atoms with Crippen molar-refractivity contribution < 1.29 is 4.79 Å². The van der Waals surface area contributed by atoms with Gasteiger partial charge in [-0.2, -0.15) is 4.37 Å². The van der Waals surface area contributed by atoms with Crippen molar-refractivity contribution in [1.29, 1.82) is 0 Å². The van der Waals surface area contributed by atoms with Gasteiger partial charge >= 0.3 is 5.69 Å². The Balaban J connectivity index is 2.22. The molecule has 7 nitrogen and oxygen atoms in total. The zero-order valence-electron chi connectivity index (χ0n) is 12.4. The van der Waals surface area contributed by atoms with Crippen molar-refractivity contribution in [2.75, 3.05) is 0 Å². The molecule has 2 N–H and O–H groups in total. The molecule has 0 radical (unpaired) electrons. The van der Waals surface area contributed by atoms with E-state index in [1.54, 1.807) is 5.38 Å². The summed E-state index contributed by atoms with van der Waals surface area (Å²) in [6, 6.07) is 7.53. The Bertz CT molecular complexity index is 1020. The third-order valence-electron chi connectivity index (χ3n) is 3.49. The fourth-order valence-corrected chi connectivity index (χ4v) is 3.14. The van der Waals surface area contributed by atoms with E-state index in [0.717, 1.165) is 27.2 Å². The predicted molar refractivity (Wildman–Crippen MR) is 87.6 cm³/mol. The van der Waals surface area contributed by atoms with Gasteiger partial charge in [-0.15, -0.1) is 0 Å². The molecular weight excluding hydrogens is 316 g/mol. The lowest BCUT2D eigenvalue weighted by Gasteiger charge is -2.10. The van der Waals surface area contributed by atoms with Crippen molar-refractivity contribution in [2.24, 2.45) is 5.73 Å². The van der Waals surface area contributed by atoms with E-state index in [0.29, 0.717) is 5.52 Å². The summed E-state index contributed by atoms with van der Waals surface area (Å²) in [7, 11) is 0. The first-order valence-electron chi connectivity index (χ1n) is 6.89. The highest BCUT2D eigenvalue weighted by Gasteiger charge is 2.16. The summed E-state index contributed by atoms with van der Waals surface area (Å²) < 4.78 is 6.32. The lowest BCUT2D eigenvalue weighted by atomic mass is 10.1. The van der Waals surface area contributed by atoms with Crippen LogP contribution in [0.25, 0.3) is 11.0 Å². The number of aryl methyl sites for hydroxylation is 1. The van der Waals surface area contributed by atoms with Crippen molar-refractivity contribution in [3.63, 3.8) is 0 Å². The van der Waals surface area contributed by atoms with Crippen LogP contribution in [-0.4, -0.2) is 19.4 Å². The molecule has 0 spiro atoms. The number of nitrogens with zero attached hydrogens (tertiary/aromatic N) is 3. The number of aromatic nitrogens is 3.